The molecule has 35 heavy (non-hydrogen) atoms. The molecule has 0 bridgehead atoms. The van der Waals surface area contributed by atoms with Crippen LogP contribution in [-0.2, 0) is 31.9 Å². The molecule has 2 unspecified atom stereocenters. The molecule has 3 heterocycles. The van der Waals surface area contributed by atoms with Gasteiger partial charge >= 0.3 is 12.1 Å². The van der Waals surface area contributed by atoms with Crippen LogP contribution in [0.3, 0.4) is 0 Å². The standard InChI is InChI=1S/C26H34N4O5/c1-16(31)23(29-13-12-19(14-29)28-25(33)35-26(3,4)5)24(34-17(2)32)22-21-11-10-18-8-6-7-9-20(18)30(21)15-27-22/h6-9,15,19,23-24H,10-14H2,1-5H3,(H,28,33)/t19-,23?,24?/m0/s1. The van der Waals surface area contributed by atoms with Gasteiger partial charge in [0.25, 0.3) is 0 Å². The number of carbonyl (C=O) groups excluding carboxylic acids is 3. The second-order valence-corrected chi connectivity index (χ2v) is 10.3. The van der Waals surface area contributed by atoms with Gasteiger partial charge in [-0.05, 0) is 58.6 Å². The third-order valence-corrected chi connectivity index (χ3v) is 6.38. The smallest absolute Gasteiger partial charge is 0.407 e. The number of nitrogens with zero attached hydrogens (tertiary/aromatic N) is 3. The number of nitrogens with one attached hydrogen (secondary N) is 1. The van der Waals surface area contributed by atoms with Crippen LogP contribution in [0.4, 0.5) is 4.79 Å². The number of hydrogen-bond acceptors (Lipinski definition) is 7. The van der Waals surface area contributed by atoms with E-state index < -0.39 is 29.8 Å². The van der Waals surface area contributed by atoms with E-state index in [1.165, 1.54) is 19.4 Å². The minimum absolute atomic E-state index is 0.118. The first-order valence-corrected chi connectivity index (χ1v) is 12.1. The second kappa shape index (κ2) is 9.81. The molecule has 1 fully saturated rings. The average Bonchev–Trinajstić information content (AvgIpc) is 3.38. The van der Waals surface area contributed by atoms with Crippen molar-refractivity contribution in [2.75, 3.05) is 13.1 Å². The zero-order valence-electron chi connectivity index (χ0n) is 21.0. The molecule has 1 amide bonds. The molecular formula is C26H34N4O5. The molecule has 9 nitrogen and oxygen atoms in total. The zero-order valence-corrected chi connectivity index (χ0v) is 21.0. The van der Waals surface area contributed by atoms with Crippen molar-refractivity contribution < 1.29 is 23.9 Å². The lowest BCUT2D eigenvalue weighted by Gasteiger charge is -2.32. The van der Waals surface area contributed by atoms with Crippen LogP contribution in [-0.4, -0.2) is 63.1 Å². The van der Waals surface area contributed by atoms with E-state index in [1.807, 2.05) is 48.4 Å². The van der Waals surface area contributed by atoms with Gasteiger partial charge in [0.2, 0.25) is 0 Å². The lowest BCUT2D eigenvalue weighted by atomic mass is 9.96. The SMILES string of the molecule is CC(=O)OC(c1ncn2c1CCc1ccccc1-2)C(C(C)=O)N1CC[C@H](NC(=O)OC(C)(C)C)C1. The predicted octanol–water partition coefficient (Wildman–Crippen LogP) is 3.13. The molecule has 1 saturated heterocycles. The zero-order chi connectivity index (χ0) is 25.3. The molecule has 0 aliphatic carbocycles. The van der Waals surface area contributed by atoms with Gasteiger partial charge in [-0.2, -0.15) is 0 Å². The summed E-state index contributed by atoms with van der Waals surface area (Å²) in [6, 6.07) is 7.26. The fraction of sp³-hybridized carbons (Fsp3) is 0.538. The summed E-state index contributed by atoms with van der Waals surface area (Å²) >= 11 is 0. The number of para-hydroxylation sites is 1. The number of benzene rings is 1. The molecule has 0 spiro atoms. The number of amides is 1. The first-order valence-electron chi connectivity index (χ1n) is 12.1. The molecule has 3 atom stereocenters. The Kier molecular flexibility index (Phi) is 6.98. The maximum absolute atomic E-state index is 13.0. The van der Waals surface area contributed by atoms with Crippen LogP contribution in [0.15, 0.2) is 30.6 Å². The Morgan fingerprint density at radius 3 is 2.57 bits per heavy atom. The highest BCUT2D eigenvalue weighted by atomic mass is 16.6. The number of imidazole rings is 1. The number of aromatic nitrogens is 2. The molecule has 2 aromatic rings. The topological polar surface area (TPSA) is 103 Å². The third-order valence-electron chi connectivity index (χ3n) is 6.38. The number of likely N-dealkylation sites (tertiary alicyclic amines) is 1. The van der Waals surface area contributed by atoms with E-state index in [4.69, 9.17) is 9.47 Å². The highest BCUT2D eigenvalue weighted by Crippen LogP contribution is 2.34. The highest BCUT2D eigenvalue weighted by Gasteiger charge is 2.41. The summed E-state index contributed by atoms with van der Waals surface area (Å²) in [6.45, 7) is 9.31. The van der Waals surface area contributed by atoms with Crippen LogP contribution in [0.1, 0.15) is 64.1 Å². The van der Waals surface area contributed by atoms with Gasteiger partial charge < -0.3 is 19.4 Å². The quantitative estimate of drug-likeness (QED) is 0.631. The molecule has 9 heteroatoms. The van der Waals surface area contributed by atoms with E-state index in [0.29, 0.717) is 25.2 Å². The highest BCUT2D eigenvalue weighted by molar-refractivity contribution is 5.83. The molecule has 1 aromatic heterocycles. The maximum atomic E-state index is 13.0. The summed E-state index contributed by atoms with van der Waals surface area (Å²) < 4.78 is 13.2. The molecule has 0 saturated carbocycles. The first-order chi connectivity index (χ1) is 16.5. The van der Waals surface area contributed by atoms with Gasteiger partial charge in [0, 0.05) is 37.4 Å². The van der Waals surface area contributed by atoms with Crippen molar-refractivity contribution in [1.29, 1.82) is 0 Å². The number of ether oxygens (including phenoxy) is 2. The number of esters is 1. The number of hydrogen-bond donors (Lipinski definition) is 1. The average molecular weight is 483 g/mol. The molecule has 188 valence electrons. The van der Waals surface area contributed by atoms with E-state index in [0.717, 1.165) is 24.2 Å². The predicted molar refractivity (Wildman–Crippen MR) is 129 cm³/mol. The summed E-state index contributed by atoms with van der Waals surface area (Å²) in [4.78, 5) is 44.0. The Balaban J connectivity index is 1.59. The van der Waals surface area contributed by atoms with Crippen molar-refractivity contribution in [3.05, 3.63) is 47.5 Å². The summed E-state index contributed by atoms with van der Waals surface area (Å²) in [6.07, 6.45) is 2.65. The van der Waals surface area contributed by atoms with Crippen LogP contribution in [0.5, 0.6) is 0 Å². The summed E-state index contributed by atoms with van der Waals surface area (Å²) in [5.41, 5.74) is 3.24. The molecule has 2 aliphatic rings. The minimum Gasteiger partial charge on any atom is -0.454 e. The minimum atomic E-state index is -0.841. The summed E-state index contributed by atoms with van der Waals surface area (Å²) in [7, 11) is 0. The molecule has 1 N–H and O–H groups in total. The van der Waals surface area contributed by atoms with Crippen LogP contribution in [0.25, 0.3) is 5.69 Å². The monoisotopic (exact) mass is 482 g/mol. The van der Waals surface area contributed by atoms with Crippen molar-refractivity contribution in [3.8, 4) is 5.69 Å². The van der Waals surface area contributed by atoms with Crippen LogP contribution in [0, 0.1) is 0 Å². The van der Waals surface area contributed by atoms with Gasteiger partial charge in [-0.25, -0.2) is 9.78 Å². The van der Waals surface area contributed by atoms with Gasteiger partial charge in [0.05, 0.1) is 6.33 Å². The Hall–Kier alpha value is -3.20. The van der Waals surface area contributed by atoms with Crippen molar-refractivity contribution in [3.63, 3.8) is 0 Å². The van der Waals surface area contributed by atoms with Crippen molar-refractivity contribution in [2.24, 2.45) is 0 Å². The molecule has 0 radical (unpaired) electrons. The van der Waals surface area contributed by atoms with Crippen LogP contribution < -0.4 is 5.32 Å². The van der Waals surface area contributed by atoms with Crippen molar-refractivity contribution >= 4 is 17.8 Å². The van der Waals surface area contributed by atoms with Gasteiger partial charge in [-0.15, -0.1) is 0 Å². The molecule has 2 aliphatic heterocycles. The van der Waals surface area contributed by atoms with E-state index in [9.17, 15) is 14.4 Å². The van der Waals surface area contributed by atoms with E-state index >= 15 is 0 Å². The van der Waals surface area contributed by atoms with E-state index in [1.54, 1.807) is 6.33 Å². The molecule has 1 aromatic carbocycles. The number of rotatable bonds is 6. The summed E-state index contributed by atoms with van der Waals surface area (Å²) in [5.74, 6) is -0.589. The molecule has 4 rings (SSSR count). The Bertz CT molecular complexity index is 1120. The van der Waals surface area contributed by atoms with Crippen molar-refractivity contribution in [2.45, 2.75) is 77.7 Å². The number of Topliss-reactive ketones (excluding diaryl/α,β-unsaturated/α-hetero) is 1. The van der Waals surface area contributed by atoms with Gasteiger partial charge in [-0.1, -0.05) is 18.2 Å². The summed E-state index contributed by atoms with van der Waals surface area (Å²) in [5, 5.41) is 2.89. The first kappa shape index (κ1) is 24.9. The lowest BCUT2D eigenvalue weighted by Crippen LogP contribution is -2.47. The van der Waals surface area contributed by atoms with Crippen LogP contribution >= 0.6 is 0 Å². The number of alkyl carbamates (subject to hydrolysis) is 1. The van der Waals surface area contributed by atoms with Gasteiger partial charge in [0.1, 0.15) is 17.3 Å². The van der Waals surface area contributed by atoms with E-state index in [2.05, 4.69) is 16.4 Å². The maximum Gasteiger partial charge on any atom is 0.407 e. The second-order valence-electron chi connectivity index (χ2n) is 10.3. The fourth-order valence-corrected chi connectivity index (χ4v) is 5.03. The number of carbonyl (C=O) groups is 3. The third kappa shape index (κ3) is 5.56. The van der Waals surface area contributed by atoms with Crippen molar-refractivity contribution in [1.82, 2.24) is 19.8 Å². The molecular weight excluding hydrogens is 448 g/mol. The number of aryl methyl sites for hydroxylation is 1. The van der Waals surface area contributed by atoms with Gasteiger partial charge in [-0.3, -0.25) is 14.5 Å². The Labute approximate surface area is 205 Å². The Morgan fingerprint density at radius 2 is 1.89 bits per heavy atom. The van der Waals surface area contributed by atoms with E-state index in [-0.39, 0.29) is 11.8 Å². The lowest BCUT2D eigenvalue weighted by molar-refractivity contribution is -0.152. The fourth-order valence-electron chi connectivity index (χ4n) is 5.03. The number of fused-ring (bicyclic) bond motifs is 3. The largest absolute Gasteiger partial charge is 0.454 e. The number of ketones is 1. The van der Waals surface area contributed by atoms with Crippen LogP contribution in [0.2, 0.25) is 0 Å². The van der Waals surface area contributed by atoms with Gasteiger partial charge in [0.15, 0.2) is 11.9 Å². The Morgan fingerprint density at radius 1 is 1.14 bits per heavy atom. The normalized spacial score (nSPS) is 19.3.